The van der Waals surface area contributed by atoms with Gasteiger partial charge in [0.2, 0.25) is 5.91 Å². The summed E-state index contributed by atoms with van der Waals surface area (Å²) in [6.07, 6.45) is 4.37. The third-order valence-electron chi connectivity index (χ3n) is 5.59. The fourth-order valence-corrected chi connectivity index (χ4v) is 4.41. The number of rotatable bonds is 2. The van der Waals surface area contributed by atoms with Crippen molar-refractivity contribution in [3.05, 3.63) is 35.4 Å². The molecule has 2 aliphatic carbocycles. The molecule has 1 saturated heterocycles. The number of fused-ring (bicyclic) bond motifs is 2. The number of carbonyl (C=O) groups excluding carboxylic acids is 1. The van der Waals surface area contributed by atoms with Crippen LogP contribution in [0.2, 0.25) is 0 Å². The predicted molar refractivity (Wildman–Crippen MR) is 76.9 cm³/mol. The van der Waals surface area contributed by atoms with Crippen LogP contribution < -0.4 is 0 Å². The number of carboxylic acid groups (broad SMARTS) is 1. The van der Waals surface area contributed by atoms with E-state index in [-0.39, 0.29) is 17.2 Å². The molecule has 4 rings (SSSR count). The summed E-state index contributed by atoms with van der Waals surface area (Å²) in [5.41, 5.74) is 2.71. The standard InChI is InChI=1S/C17H19NO3/c19-15(18-9-3-6-14(18)16(20)21)13-10-17(13)8-7-11-4-1-2-5-12(11)17/h1-2,4-5,13-14H,3,6-10H2,(H,20,21). The molecular formula is C17H19NO3. The molecule has 0 radical (unpaired) electrons. The molecule has 21 heavy (non-hydrogen) atoms. The van der Waals surface area contributed by atoms with E-state index in [2.05, 4.69) is 18.2 Å². The molecular weight excluding hydrogens is 266 g/mol. The van der Waals surface area contributed by atoms with Crippen molar-refractivity contribution < 1.29 is 14.7 Å². The number of hydrogen-bond acceptors (Lipinski definition) is 2. The number of aliphatic carboxylic acids is 1. The molecule has 0 bridgehead atoms. The SMILES string of the molecule is O=C(O)C1CCCN1C(=O)C1CC12CCc1ccccc12. The molecule has 1 aliphatic heterocycles. The van der Waals surface area contributed by atoms with Gasteiger partial charge in [-0.2, -0.15) is 0 Å². The molecule has 1 saturated carbocycles. The molecule has 1 aromatic carbocycles. The van der Waals surface area contributed by atoms with Gasteiger partial charge in [0.1, 0.15) is 6.04 Å². The number of carboxylic acids is 1. The van der Waals surface area contributed by atoms with Crippen LogP contribution in [0.5, 0.6) is 0 Å². The summed E-state index contributed by atoms with van der Waals surface area (Å²) in [6, 6.07) is 7.79. The van der Waals surface area contributed by atoms with Gasteiger partial charge in [0.25, 0.3) is 0 Å². The smallest absolute Gasteiger partial charge is 0.326 e. The fraction of sp³-hybridized carbons (Fsp3) is 0.529. The van der Waals surface area contributed by atoms with Crippen molar-refractivity contribution in [2.24, 2.45) is 5.92 Å². The summed E-state index contributed by atoms with van der Waals surface area (Å²) in [4.78, 5) is 25.6. The molecule has 3 aliphatic rings. The topological polar surface area (TPSA) is 57.6 Å². The van der Waals surface area contributed by atoms with Crippen molar-refractivity contribution in [3.8, 4) is 0 Å². The highest BCUT2D eigenvalue weighted by Crippen LogP contribution is 2.62. The molecule has 1 spiro atoms. The van der Waals surface area contributed by atoms with Gasteiger partial charge in [0.05, 0.1) is 0 Å². The van der Waals surface area contributed by atoms with Crippen LogP contribution in [0.15, 0.2) is 24.3 Å². The first-order valence-electron chi connectivity index (χ1n) is 7.75. The van der Waals surface area contributed by atoms with Crippen molar-refractivity contribution >= 4 is 11.9 Å². The number of benzene rings is 1. The number of nitrogens with zero attached hydrogens (tertiary/aromatic N) is 1. The summed E-state index contributed by atoms with van der Waals surface area (Å²) >= 11 is 0. The Morgan fingerprint density at radius 1 is 1.29 bits per heavy atom. The monoisotopic (exact) mass is 285 g/mol. The number of carbonyl (C=O) groups is 2. The average Bonchev–Trinajstić information content (AvgIpc) is 2.84. The lowest BCUT2D eigenvalue weighted by atomic mass is 9.95. The van der Waals surface area contributed by atoms with Crippen LogP contribution >= 0.6 is 0 Å². The first kappa shape index (κ1) is 12.9. The Bertz CT molecular complexity index is 626. The number of hydrogen-bond donors (Lipinski definition) is 1. The summed E-state index contributed by atoms with van der Waals surface area (Å²) in [7, 11) is 0. The normalized spacial score (nSPS) is 33.2. The molecule has 1 heterocycles. The molecule has 2 fully saturated rings. The Hall–Kier alpha value is -1.84. The summed E-state index contributed by atoms with van der Waals surface area (Å²) in [5.74, 6) is -0.792. The van der Waals surface area contributed by atoms with Crippen LogP contribution in [-0.4, -0.2) is 34.5 Å². The van der Waals surface area contributed by atoms with Crippen LogP contribution in [0, 0.1) is 5.92 Å². The molecule has 4 nitrogen and oxygen atoms in total. The van der Waals surface area contributed by atoms with Gasteiger partial charge in [-0.1, -0.05) is 24.3 Å². The van der Waals surface area contributed by atoms with E-state index in [4.69, 9.17) is 0 Å². The second kappa shape index (κ2) is 4.33. The summed E-state index contributed by atoms with van der Waals surface area (Å²) in [5, 5.41) is 9.26. The number of amides is 1. The second-order valence-corrected chi connectivity index (χ2v) is 6.60. The first-order chi connectivity index (χ1) is 10.1. The Kier molecular flexibility index (Phi) is 2.65. The van der Waals surface area contributed by atoms with Crippen molar-refractivity contribution in [1.29, 1.82) is 0 Å². The van der Waals surface area contributed by atoms with Gasteiger partial charge in [0, 0.05) is 17.9 Å². The minimum atomic E-state index is -0.859. The maximum absolute atomic E-state index is 12.8. The van der Waals surface area contributed by atoms with Gasteiger partial charge >= 0.3 is 5.97 Å². The largest absolute Gasteiger partial charge is 0.480 e. The lowest BCUT2D eigenvalue weighted by Crippen LogP contribution is -2.42. The van der Waals surface area contributed by atoms with Crippen LogP contribution in [0.1, 0.15) is 36.8 Å². The van der Waals surface area contributed by atoms with E-state index in [0.29, 0.717) is 13.0 Å². The summed E-state index contributed by atoms with van der Waals surface area (Å²) in [6.45, 7) is 0.601. The van der Waals surface area contributed by atoms with E-state index in [0.717, 1.165) is 25.7 Å². The highest BCUT2D eigenvalue weighted by molar-refractivity contribution is 5.89. The van der Waals surface area contributed by atoms with Gasteiger partial charge < -0.3 is 10.0 Å². The van der Waals surface area contributed by atoms with Gasteiger partial charge in [-0.05, 0) is 43.2 Å². The second-order valence-electron chi connectivity index (χ2n) is 6.60. The van der Waals surface area contributed by atoms with Gasteiger partial charge in [0.15, 0.2) is 0 Å². The van der Waals surface area contributed by atoms with Gasteiger partial charge in [-0.25, -0.2) is 4.79 Å². The molecule has 1 aromatic rings. The Balaban J connectivity index is 1.58. The van der Waals surface area contributed by atoms with Crippen molar-refractivity contribution in [2.45, 2.75) is 43.6 Å². The van der Waals surface area contributed by atoms with Crippen molar-refractivity contribution in [1.82, 2.24) is 4.90 Å². The Labute approximate surface area is 123 Å². The molecule has 110 valence electrons. The average molecular weight is 285 g/mol. The highest BCUT2D eigenvalue weighted by atomic mass is 16.4. The molecule has 3 atom stereocenters. The third kappa shape index (κ3) is 1.74. The maximum Gasteiger partial charge on any atom is 0.326 e. The molecule has 1 amide bonds. The lowest BCUT2D eigenvalue weighted by Gasteiger charge is -2.23. The van der Waals surface area contributed by atoms with Crippen LogP contribution in [0.3, 0.4) is 0 Å². The van der Waals surface area contributed by atoms with E-state index in [1.807, 2.05) is 6.07 Å². The Morgan fingerprint density at radius 2 is 2.10 bits per heavy atom. The van der Waals surface area contributed by atoms with Gasteiger partial charge in [-0.15, -0.1) is 0 Å². The minimum absolute atomic E-state index is 0.00102. The van der Waals surface area contributed by atoms with Crippen LogP contribution in [0.25, 0.3) is 0 Å². The molecule has 0 aromatic heterocycles. The number of likely N-dealkylation sites (tertiary alicyclic amines) is 1. The zero-order valence-corrected chi connectivity index (χ0v) is 11.9. The molecule has 4 heteroatoms. The lowest BCUT2D eigenvalue weighted by molar-refractivity contribution is -0.148. The quantitative estimate of drug-likeness (QED) is 0.903. The van der Waals surface area contributed by atoms with Gasteiger partial charge in [-0.3, -0.25) is 4.79 Å². The summed E-state index contributed by atoms with van der Waals surface area (Å²) < 4.78 is 0. The third-order valence-corrected chi connectivity index (χ3v) is 5.59. The zero-order chi connectivity index (χ0) is 14.6. The van der Waals surface area contributed by atoms with E-state index in [1.54, 1.807) is 4.90 Å². The number of aryl methyl sites for hydroxylation is 1. The molecule has 1 N–H and O–H groups in total. The van der Waals surface area contributed by atoms with Crippen LogP contribution in [0.4, 0.5) is 0 Å². The predicted octanol–water partition coefficient (Wildman–Crippen LogP) is 1.97. The minimum Gasteiger partial charge on any atom is -0.480 e. The van der Waals surface area contributed by atoms with E-state index in [1.165, 1.54) is 11.1 Å². The van der Waals surface area contributed by atoms with E-state index in [9.17, 15) is 14.7 Å². The van der Waals surface area contributed by atoms with E-state index >= 15 is 0 Å². The van der Waals surface area contributed by atoms with Crippen molar-refractivity contribution in [2.75, 3.05) is 6.54 Å². The Morgan fingerprint density at radius 3 is 2.90 bits per heavy atom. The first-order valence-corrected chi connectivity index (χ1v) is 7.75. The van der Waals surface area contributed by atoms with E-state index < -0.39 is 12.0 Å². The highest BCUT2D eigenvalue weighted by Gasteiger charge is 2.62. The maximum atomic E-state index is 12.8. The molecule has 3 unspecified atom stereocenters. The van der Waals surface area contributed by atoms with Crippen molar-refractivity contribution in [3.63, 3.8) is 0 Å². The fourth-order valence-electron chi connectivity index (χ4n) is 4.41. The van der Waals surface area contributed by atoms with Crippen LogP contribution in [-0.2, 0) is 21.4 Å². The zero-order valence-electron chi connectivity index (χ0n) is 11.9.